The second kappa shape index (κ2) is 29.5. The summed E-state index contributed by atoms with van der Waals surface area (Å²) in [5, 5.41) is 0. The molecule has 0 spiro atoms. The Labute approximate surface area is 317 Å². The van der Waals surface area contributed by atoms with Crippen LogP contribution in [0.3, 0.4) is 0 Å². The second-order valence-electron chi connectivity index (χ2n) is 15.7. The standard InChI is InChI=1S/C48H81NO2/c1-6-8-10-12-14-16-18-20-22-24-26-28-30-32-34-36-42-48(50-47(3,51-48)46-40-38-45(39-41-46)44-49(4)5)43-37-35-33-31-29-27-25-23-21-19-17-15-13-11-9-7-2/h14-17,20-23,38-41H,6-13,18-19,24-37,42-44H2,1-5H3. The van der Waals surface area contributed by atoms with Gasteiger partial charge in [0.2, 0.25) is 0 Å². The molecule has 0 N–H and O–H groups in total. The molecule has 2 rings (SSSR count). The molecule has 1 heterocycles. The van der Waals surface area contributed by atoms with Gasteiger partial charge < -0.3 is 14.4 Å². The first-order valence-corrected chi connectivity index (χ1v) is 21.7. The van der Waals surface area contributed by atoms with Crippen molar-refractivity contribution >= 4 is 0 Å². The fourth-order valence-corrected chi connectivity index (χ4v) is 7.21. The fraction of sp³-hybridized carbons (Fsp3) is 0.708. The van der Waals surface area contributed by atoms with Gasteiger partial charge in [0.15, 0.2) is 11.6 Å². The third-order valence-electron chi connectivity index (χ3n) is 10.3. The van der Waals surface area contributed by atoms with E-state index in [1.807, 2.05) is 0 Å². The van der Waals surface area contributed by atoms with Gasteiger partial charge in [-0.25, -0.2) is 0 Å². The van der Waals surface area contributed by atoms with Crippen LogP contribution in [0, 0.1) is 0 Å². The minimum absolute atomic E-state index is 0.415. The number of ether oxygens (including phenoxy) is 2. The van der Waals surface area contributed by atoms with Crippen molar-refractivity contribution in [3.8, 4) is 0 Å². The average Bonchev–Trinajstić information content (AvgIpc) is 3.10. The molecule has 1 aliphatic rings. The number of benzene rings is 1. The van der Waals surface area contributed by atoms with Crippen LogP contribution in [0.5, 0.6) is 0 Å². The van der Waals surface area contributed by atoms with Crippen LogP contribution in [0.1, 0.15) is 199 Å². The normalized spacial score (nSPS) is 19.5. The van der Waals surface area contributed by atoms with Crippen molar-refractivity contribution in [1.29, 1.82) is 0 Å². The van der Waals surface area contributed by atoms with Crippen LogP contribution >= 0.6 is 0 Å². The van der Waals surface area contributed by atoms with E-state index >= 15 is 0 Å². The average molecular weight is 704 g/mol. The Morgan fingerprint density at radius 2 is 0.863 bits per heavy atom. The molecule has 3 nitrogen and oxygen atoms in total. The summed E-state index contributed by atoms with van der Waals surface area (Å²) in [6, 6.07) is 8.84. The van der Waals surface area contributed by atoms with E-state index in [4.69, 9.17) is 9.47 Å². The topological polar surface area (TPSA) is 21.7 Å². The summed E-state index contributed by atoms with van der Waals surface area (Å²) in [5.74, 6) is -1.05. The zero-order valence-corrected chi connectivity index (χ0v) is 34.3. The SMILES string of the molecule is CCCCCC=CCC=CCCCCCCCCC1(CCCCCCCCC=CCC=CCCCCC)OC(C)(c2ccc(CN(C)C)cc2)O1. The zero-order valence-electron chi connectivity index (χ0n) is 34.3. The molecule has 1 saturated heterocycles. The maximum atomic E-state index is 6.81. The van der Waals surface area contributed by atoms with Crippen molar-refractivity contribution in [2.45, 2.75) is 206 Å². The van der Waals surface area contributed by atoms with E-state index in [0.717, 1.165) is 37.8 Å². The lowest BCUT2D eigenvalue weighted by Crippen LogP contribution is -2.59. The Kier molecular flexibility index (Phi) is 26.2. The van der Waals surface area contributed by atoms with Gasteiger partial charge in [-0.05, 0) is 104 Å². The summed E-state index contributed by atoms with van der Waals surface area (Å²) >= 11 is 0. The molecule has 0 unspecified atom stereocenters. The highest BCUT2D eigenvalue weighted by molar-refractivity contribution is 5.27. The predicted molar refractivity (Wildman–Crippen MR) is 224 cm³/mol. The Morgan fingerprint density at radius 3 is 1.25 bits per heavy atom. The number of hydrogen-bond acceptors (Lipinski definition) is 3. The van der Waals surface area contributed by atoms with Crippen LogP contribution in [-0.4, -0.2) is 24.8 Å². The quantitative estimate of drug-likeness (QED) is 0.0537. The summed E-state index contributed by atoms with van der Waals surface area (Å²) in [5.41, 5.74) is 2.45. The van der Waals surface area contributed by atoms with Crippen molar-refractivity contribution < 1.29 is 9.47 Å². The summed E-state index contributed by atoms with van der Waals surface area (Å²) in [6.45, 7) is 7.60. The van der Waals surface area contributed by atoms with E-state index in [1.54, 1.807) is 0 Å². The molecular weight excluding hydrogens is 623 g/mol. The molecule has 290 valence electrons. The van der Waals surface area contributed by atoms with E-state index in [2.05, 4.69) is 113 Å². The highest BCUT2D eigenvalue weighted by Gasteiger charge is 2.54. The Hall–Kier alpha value is -1.94. The van der Waals surface area contributed by atoms with Gasteiger partial charge in [0.05, 0.1) is 0 Å². The Balaban J connectivity index is 1.66. The van der Waals surface area contributed by atoms with Gasteiger partial charge >= 0.3 is 0 Å². The van der Waals surface area contributed by atoms with Crippen LogP contribution in [0.2, 0.25) is 0 Å². The van der Waals surface area contributed by atoms with E-state index in [9.17, 15) is 0 Å². The Bertz CT molecular complexity index is 1010. The molecule has 1 aliphatic heterocycles. The molecular formula is C48H81NO2. The number of rotatable bonds is 33. The minimum atomic E-state index is -0.632. The van der Waals surface area contributed by atoms with Crippen molar-refractivity contribution in [3.05, 3.63) is 84.0 Å². The van der Waals surface area contributed by atoms with E-state index < -0.39 is 11.6 Å². The highest BCUT2D eigenvalue weighted by atomic mass is 16.9. The molecule has 0 saturated carbocycles. The summed E-state index contributed by atoms with van der Waals surface area (Å²) in [4.78, 5) is 2.21. The second-order valence-corrected chi connectivity index (χ2v) is 15.7. The van der Waals surface area contributed by atoms with E-state index in [-0.39, 0.29) is 0 Å². The van der Waals surface area contributed by atoms with Crippen LogP contribution in [-0.2, 0) is 21.8 Å². The van der Waals surface area contributed by atoms with Crippen LogP contribution in [0.4, 0.5) is 0 Å². The van der Waals surface area contributed by atoms with Crippen LogP contribution in [0.25, 0.3) is 0 Å². The number of hydrogen-bond donors (Lipinski definition) is 0. The van der Waals surface area contributed by atoms with Crippen LogP contribution < -0.4 is 0 Å². The molecule has 0 atom stereocenters. The van der Waals surface area contributed by atoms with Gasteiger partial charge in [-0.2, -0.15) is 0 Å². The van der Waals surface area contributed by atoms with Gasteiger partial charge in [-0.3, -0.25) is 0 Å². The van der Waals surface area contributed by atoms with E-state index in [1.165, 1.54) is 147 Å². The molecule has 1 fully saturated rings. The van der Waals surface area contributed by atoms with Crippen molar-refractivity contribution in [2.75, 3.05) is 14.1 Å². The lowest BCUT2D eigenvalue weighted by atomic mass is 9.93. The number of allylic oxidation sites excluding steroid dienone is 8. The monoisotopic (exact) mass is 704 g/mol. The fourth-order valence-electron chi connectivity index (χ4n) is 7.21. The van der Waals surface area contributed by atoms with Crippen molar-refractivity contribution in [3.63, 3.8) is 0 Å². The van der Waals surface area contributed by atoms with Crippen molar-refractivity contribution in [2.24, 2.45) is 0 Å². The van der Waals surface area contributed by atoms with Gasteiger partial charge in [0.1, 0.15) is 0 Å². The molecule has 51 heavy (non-hydrogen) atoms. The maximum absolute atomic E-state index is 6.81. The molecule has 3 heteroatoms. The number of nitrogens with zero attached hydrogens (tertiary/aromatic N) is 1. The first-order chi connectivity index (χ1) is 24.9. The summed E-state index contributed by atoms with van der Waals surface area (Å²) < 4.78 is 13.6. The van der Waals surface area contributed by atoms with Gasteiger partial charge in [-0.15, -0.1) is 0 Å². The first-order valence-electron chi connectivity index (χ1n) is 21.7. The third kappa shape index (κ3) is 22.0. The van der Waals surface area contributed by atoms with Gasteiger partial charge in [0.25, 0.3) is 0 Å². The predicted octanol–water partition coefficient (Wildman–Crippen LogP) is 15.1. The molecule has 0 aromatic heterocycles. The molecule has 1 aromatic rings. The molecule has 0 amide bonds. The zero-order chi connectivity index (χ0) is 36.7. The molecule has 0 radical (unpaired) electrons. The molecule has 0 bridgehead atoms. The van der Waals surface area contributed by atoms with Gasteiger partial charge in [0, 0.05) is 24.9 Å². The smallest absolute Gasteiger partial charge is 0.198 e. The highest BCUT2D eigenvalue weighted by Crippen LogP contribution is 2.50. The van der Waals surface area contributed by atoms with E-state index in [0.29, 0.717) is 0 Å². The van der Waals surface area contributed by atoms with Gasteiger partial charge in [-0.1, -0.05) is 164 Å². The molecule has 0 aliphatic carbocycles. The lowest BCUT2D eigenvalue weighted by molar-refractivity contribution is -0.518. The summed E-state index contributed by atoms with van der Waals surface area (Å²) in [7, 11) is 4.23. The third-order valence-corrected chi connectivity index (χ3v) is 10.3. The Morgan fingerprint density at radius 1 is 0.490 bits per heavy atom. The minimum Gasteiger partial charge on any atom is -0.314 e. The number of unbranched alkanes of at least 4 members (excludes halogenated alkanes) is 18. The van der Waals surface area contributed by atoms with Crippen molar-refractivity contribution in [1.82, 2.24) is 4.90 Å². The first kappa shape index (κ1) is 45.2. The summed E-state index contributed by atoms with van der Waals surface area (Å²) in [6.07, 6.45) is 51.4. The maximum Gasteiger partial charge on any atom is 0.198 e. The lowest BCUT2D eigenvalue weighted by Gasteiger charge is -2.55. The van der Waals surface area contributed by atoms with Crippen LogP contribution in [0.15, 0.2) is 72.9 Å². The molecule has 1 aromatic carbocycles. The largest absolute Gasteiger partial charge is 0.314 e.